The molecule has 3 aromatic carbocycles. The molecule has 6 rings (SSSR count). The molecule has 3 atom stereocenters. The van der Waals surface area contributed by atoms with Gasteiger partial charge in [-0.1, -0.05) is 82.1 Å². The summed E-state index contributed by atoms with van der Waals surface area (Å²) in [4.78, 5) is 32.4. The van der Waals surface area contributed by atoms with Crippen LogP contribution in [0.25, 0.3) is 0 Å². The Bertz CT molecular complexity index is 1360. The van der Waals surface area contributed by atoms with E-state index in [-0.39, 0.29) is 35.0 Å². The molecule has 1 spiro atoms. The molecular weight excluding hydrogens is 586 g/mol. The van der Waals surface area contributed by atoms with Gasteiger partial charge in [-0.3, -0.25) is 14.5 Å². The van der Waals surface area contributed by atoms with Gasteiger partial charge in [0.2, 0.25) is 5.91 Å². The van der Waals surface area contributed by atoms with E-state index in [1.165, 1.54) is 5.56 Å². The summed E-state index contributed by atoms with van der Waals surface area (Å²) in [6.45, 7) is 4.54. The van der Waals surface area contributed by atoms with E-state index in [1.54, 1.807) is 6.07 Å². The Hall–Kier alpha value is -2.51. The first-order valence-electron chi connectivity index (χ1n) is 14.3. The van der Waals surface area contributed by atoms with Crippen molar-refractivity contribution in [2.75, 3.05) is 32.7 Å². The zero-order chi connectivity index (χ0) is 27.7. The summed E-state index contributed by atoms with van der Waals surface area (Å²) < 4.78 is 1.04. The lowest BCUT2D eigenvalue weighted by atomic mass is 9.74. The van der Waals surface area contributed by atoms with Crippen LogP contribution in [0, 0.1) is 11.3 Å². The number of rotatable bonds is 7. The molecule has 3 fully saturated rings. The van der Waals surface area contributed by atoms with Crippen LogP contribution < -0.4 is 5.32 Å². The van der Waals surface area contributed by atoms with Crippen LogP contribution in [0.3, 0.4) is 0 Å². The van der Waals surface area contributed by atoms with Gasteiger partial charge in [0.05, 0.1) is 16.5 Å². The van der Waals surface area contributed by atoms with Crippen LogP contribution in [0.15, 0.2) is 83.3 Å². The van der Waals surface area contributed by atoms with Crippen LogP contribution in [0.2, 0.25) is 5.02 Å². The molecule has 208 valence electrons. The van der Waals surface area contributed by atoms with Gasteiger partial charge in [-0.2, -0.15) is 0 Å². The van der Waals surface area contributed by atoms with Gasteiger partial charge in [0.25, 0.3) is 0 Å². The zero-order valence-corrected chi connectivity index (χ0v) is 24.9. The van der Waals surface area contributed by atoms with E-state index in [4.69, 9.17) is 11.6 Å². The summed E-state index contributed by atoms with van der Waals surface area (Å²) in [6, 6.07) is 25.9. The molecule has 3 heterocycles. The van der Waals surface area contributed by atoms with Crippen LogP contribution in [-0.2, 0) is 11.3 Å². The van der Waals surface area contributed by atoms with Crippen LogP contribution in [0.1, 0.15) is 46.7 Å². The second kappa shape index (κ2) is 11.8. The van der Waals surface area contributed by atoms with Crippen molar-refractivity contribution in [3.63, 3.8) is 0 Å². The van der Waals surface area contributed by atoms with Gasteiger partial charge in [0, 0.05) is 48.1 Å². The van der Waals surface area contributed by atoms with E-state index < -0.39 is 0 Å². The second-order valence-electron chi connectivity index (χ2n) is 11.5. The number of nitrogens with one attached hydrogen (secondary N) is 1. The maximum atomic E-state index is 14.3. The molecule has 3 aliphatic heterocycles. The molecule has 1 N–H and O–H groups in total. The molecule has 3 aromatic rings. The van der Waals surface area contributed by atoms with E-state index in [2.05, 4.69) is 62.5 Å². The first kappa shape index (κ1) is 27.6. The highest BCUT2D eigenvalue weighted by molar-refractivity contribution is 9.10. The summed E-state index contributed by atoms with van der Waals surface area (Å²) in [6.07, 6.45) is 2.45. The monoisotopic (exact) mass is 619 g/mol. The molecule has 1 unspecified atom stereocenters. The molecule has 0 radical (unpaired) electrons. The Morgan fingerprint density at radius 3 is 2.33 bits per heavy atom. The summed E-state index contributed by atoms with van der Waals surface area (Å²) in [5.74, 6) is 0.719. The van der Waals surface area contributed by atoms with Crippen LogP contribution in [0.5, 0.6) is 0 Å². The maximum Gasteiger partial charge on any atom is 0.229 e. The summed E-state index contributed by atoms with van der Waals surface area (Å²) in [7, 11) is 0. The lowest BCUT2D eigenvalue weighted by molar-refractivity contribution is -0.139. The average molecular weight is 621 g/mol. The molecule has 0 aliphatic carbocycles. The zero-order valence-electron chi connectivity index (χ0n) is 22.6. The number of nitrogens with zero attached hydrogens (tertiary/aromatic N) is 2. The highest BCUT2D eigenvalue weighted by atomic mass is 79.9. The van der Waals surface area contributed by atoms with Crippen molar-refractivity contribution >= 4 is 39.2 Å². The molecule has 0 bridgehead atoms. The van der Waals surface area contributed by atoms with Crippen molar-refractivity contribution in [2.45, 2.75) is 37.8 Å². The van der Waals surface area contributed by atoms with Crippen molar-refractivity contribution in [3.05, 3.63) is 105 Å². The van der Waals surface area contributed by atoms with Crippen LogP contribution in [0.4, 0.5) is 0 Å². The van der Waals surface area contributed by atoms with Crippen molar-refractivity contribution in [1.29, 1.82) is 0 Å². The minimum absolute atomic E-state index is 0.0887. The Labute approximate surface area is 250 Å². The number of halogens is 2. The molecule has 3 saturated heterocycles. The van der Waals surface area contributed by atoms with Crippen molar-refractivity contribution in [2.24, 2.45) is 11.3 Å². The largest absolute Gasteiger partial charge is 0.338 e. The molecule has 40 heavy (non-hydrogen) atoms. The molecule has 0 saturated carbocycles. The SMILES string of the molecule is O=C(c1ccccc1Cl)C([C@@H]1CNC[C@@H]1c1ccccc1)N1CCC2(CCN(Cc3ccc(Br)cc3)C2=O)CC1. The summed E-state index contributed by atoms with van der Waals surface area (Å²) in [5.41, 5.74) is 2.68. The molecule has 1 amide bonds. The minimum atomic E-state index is -0.323. The Kier molecular flexibility index (Phi) is 8.14. The normalized spacial score (nSPS) is 23.6. The van der Waals surface area contributed by atoms with Gasteiger partial charge in [-0.25, -0.2) is 0 Å². The summed E-state index contributed by atoms with van der Waals surface area (Å²) >= 11 is 10.1. The van der Waals surface area contributed by atoms with E-state index in [0.29, 0.717) is 17.1 Å². The number of likely N-dealkylation sites (tertiary alicyclic amines) is 2. The maximum absolute atomic E-state index is 14.3. The first-order chi connectivity index (χ1) is 19.4. The number of carbonyl (C=O) groups is 2. The predicted octanol–water partition coefficient (Wildman–Crippen LogP) is 6.17. The molecular formula is C33H35BrClN3O2. The van der Waals surface area contributed by atoms with E-state index in [9.17, 15) is 9.59 Å². The highest BCUT2D eigenvalue weighted by Gasteiger charge is 2.50. The minimum Gasteiger partial charge on any atom is -0.338 e. The van der Waals surface area contributed by atoms with Gasteiger partial charge in [-0.05, 0) is 67.7 Å². The van der Waals surface area contributed by atoms with Crippen molar-refractivity contribution in [1.82, 2.24) is 15.1 Å². The Morgan fingerprint density at radius 1 is 0.925 bits per heavy atom. The summed E-state index contributed by atoms with van der Waals surface area (Å²) in [5, 5.41) is 4.08. The number of amides is 1. The fourth-order valence-electron chi connectivity index (χ4n) is 7.10. The number of hydrogen-bond acceptors (Lipinski definition) is 4. The lowest BCUT2D eigenvalue weighted by Crippen LogP contribution is -2.54. The number of hydrogen-bond donors (Lipinski definition) is 1. The Morgan fingerprint density at radius 2 is 1.60 bits per heavy atom. The number of carbonyl (C=O) groups excluding carboxylic acids is 2. The van der Waals surface area contributed by atoms with Gasteiger partial charge < -0.3 is 10.2 Å². The molecule has 7 heteroatoms. The average Bonchev–Trinajstić information content (AvgIpc) is 3.57. The van der Waals surface area contributed by atoms with E-state index in [1.807, 2.05) is 41.3 Å². The third-order valence-corrected chi connectivity index (χ3v) is 10.2. The first-order valence-corrected chi connectivity index (χ1v) is 15.4. The molecule has 5 nitrogen and oxygen atoms in total. The predicted molar refractivity (Wildman–Crippen MR) is 163 cm³/mol. The van der Waals surface area contributed by atoms with Crippen molar-refractivity contribution < 1.29 is 9.59 Å². The third kappa shape index (κ3) is 5.39. The topological polar surface area (TPSA) is 52.7 Å². The number of ketones is 1. The fourth-order valence-corrected chi connectivity index (χ4v) is 7.59. The van der Waals surface area contributed by atoms with E-state index >= 15 is 0 Å². The smallest absolute Gasteiger partial charge is 0.229 e. The lowest BCUT2D eigenvalue weighted by Gasteiger charge is -2.43. The van der Waals surface area contributed by atoms with E-state index in [0.717, 1.165) is 62.0 Å². The van der Waals surface area contributed by atoms with Gasteiger partial charge in [0.15, 0.2) is 5.78 Å². The number of benzene rings is 3. The van der Waals surface area contributed by atoms with Gasteiger partial charge in [0.1, 0.15) is 0 Å². The third-order valence-electron chi connectivity index (χ3n) is 9.34. The number of piperidine rings is 1. The fraction of sp³-hybridized carbons (Fsp3) is 0.394. The highest BCUT2D eigenvalue weighted by Crippen LogP contribution is 2.44. The number of Topliss-reactive ketones (excluding diaryl/α,β-unsaturated/α-hetero) is 1. The van der Waals surface area contributed by atoms with Crippen molar-refractivity contribution in [3.8, 4) is 0 Å². The van der Waals surface area contributed by atoms with Gasteiger partial charge in [-0.15, -0.1) is 0 Å². The standard InChI is InChI=1S/C33H35BrClN3O2/c34-25-12-10-23(11-13-25)22-38-19-16-33(32(38)40)14-17-37(18-15-33)30(31(39)26-8-4-5-9-29(26)35)28-21-36-20-27(28)24-6-2-1-3-7-24/h1-13,27-28,30,36H,14-22H2/t27-,28-,30?/m1/s1. The van der Waals surface area contributed by atoms with Crippen LogP contribution in [-0.4, -0.2) is 60.3 Å². The van der Waals surface area contributed by atoms with Gasteiger partial charge >= 0.3 is 0 Å². The second-order valence-corrected chi connectivity index (χ2v) is 12.9. The van der Waals surface area contributed by atoms with Crippen LogP contribution >= 0.6 is 27.5 Å². The quantitative estimate of drug-likeness (QED) is 0.321. The Balaban J connectivity index is 1.22. The molecule has 3 aliphatic rings. The molecule has 0 aromatic heterocycles.